The summed E-state index contributed by atoms with van der Waals surface area (Å²) in [4.78, 5) is 11.0. The predicted octanol–water partition coefficient (Wildman–Crippen LogP) is 1.49. The number of ether oxygens (including phenoxy) is 1. The monoisotopic (exact) mass is 319 g/mol. The van der Waals surface area contributed by atoms with Gasteiger partial charge in [0.05, 0.1) is 17.0 Å². The van der Waals surface area contributed by atoms with Gasteiger partial charge in [-0.3, -0.25) is 4.79 Å². The fourth-order valence-electron chi connectivity index (χ4n) is 1.83. The lowest BCUT2D eigenvalue weighted by Gasteiger charge is -2.14. The molecule has 0 bridgehead atoms. The van der Waals surface area contributed by atoms with Gasteiger partial charge < -0.3 is 9.84 Å². The van der Waals surface area contributed by atoms with Crippen molar-refractivity contribution in [3.63, 3.8) is 0 Å². The van der Waals surface area contributed by atoms with Crippen LogP contribution < -0.4 is 9.46 Å². The Morgan fingerprint density at radius 2 is 2.15 bits per heavy atom. The number of carboxylic acid groups (broad SMARTS) is 1. The first-order valence-corrected chi connectivity index (χ1v) is 7.80. The summed E-state index contributed by atoms with van der Waals surface area (Å²) in [5.41, 5.74) is 0. The summed E-state index contributed by atoms with van der Waals surface area (Å²) in [5.74, 6) is -0.964. The van der Waals surface area contributed by atoms with Crippen LogP contribution in [-0.2, 0) is 14.8 Å². The van der Waals surface area contributed by atoms with Gasteiger partial charge in [-0.15, -0.1) is 0 Å². The maximum atomic E-state index is 12.2. The molecular weight excluding hydrogens is 306 g/mol. The Morgan fingerprint density at radius 3 is 2.60 bits per heavy atom. The van der Waals surface area contributed by atoms with Gasteiger partial charge in [0.2, 0.25) is 10.0 Å². The average molecular weight is 320 g/mol. The van der Waals surface area contributed by atoms with E-state index in [4.69, 9.17) is 21.4 Å². The highest BCUT2D eigenvalue weighted by Crippen LogP contribution is 2.34. The Bertz CT molecular complexity index is 627. The fourth-order valence-corrected chi connectivity index (χ4v) is 3.43. The number of halogens is 1. The van der Waals surface area contributed by atoms with E-state index in [1.807, 2.05) is 0 Å². The van der Waals surface area contributed by atoms with Crippen molar-refractivity contribution in [1.29, 1.82) is 0 Å². The molecule has 1 atom stereocenters. The van der Waals surface area contributed by atoms with Crippen LogP contribution in [0.15, 0.2) is 23.1 Å². The van der Waals surface area contributed by atoms with Gasteiger partial charge in [-0.05, 0) is 37.0 Å². The number of hydrogen-bond acceptors (Lipinski definition) is 4. The van der Waals surface area contributed by atoms with Crippen LogP contribution in [0.1, 0.15) is 12.8 Å². The van der Waals surface area contributed by atoms with E-state index in [9.17, 15) is 13.2 Å². The maximum Gasteiger partial charge on any atom is 0.322 e. The Kier molecular flexibility index (Phi) is 4.22. The zero-order valence-corrected chi connectivity index (χ0v) is 12.2. The smallest absolute Gasteiger partial charge is 0.322 e. The van der Waals surface area contributed by atoms with Gasteiger partial charge in [0.25, 0.3) is 0 Å². The lowest BCUT2D eigenvalue weighted by molar-refractivity contribution is -0.139. The molecule has 110 valence electrons. The first-order chi connectivity index (χ1) is 9.35. The van der Waals surface area contributed by atoms with Crippen molar-refractivity contribution >= 4 is 27.6 Å². The average Bonchev–Trinajstić information content (AvgIpc) is 3.19. The number of carbonyl (C=O) groups is 1. The van der Waals surface area contributed by atoms with E-state index < -0.39 is 22.0 Å². The number of aliphatic carboxylic acids is 1. The highest BCUT2D eigenvalue weighted by atomic mass is 35.5. The molecule has 0 radical (unpaired) electrons. The largest absolute Gasteiger partial charge is 0.495 e. The Balaban J connectivity index is 2.25. The van der Waals surface area contributed by atoms with Gasteiger partial charge >= 0.3 is 5.97 Å². The first-order valence-electron chi connectivity index (χ1n) is 5.94. The maximum absolute atomic E-state index is 12.2. The first kappa shape index (κ1) is 15.1. The summed E-state index contributed by atoms with van der Waals surface area (Å²) in [6, 6.07) is 2.87. The van der Waals surface area contributed by atoms with Gasteiger partial charge in [-0.1, -0.05) is 11.6 Å². The highest BCUT2D eigenvalue weighted by molar-refractivity contribution is 7.89. The summed E-state index contributed by atoms with van der Waals surface area (Å²) in [6.45, 7) is 0. The van der Waals surface area contributed by atoms with E-state index in [0.29, 0.717) is 18.6 Å². The molecule has 6 nitrogen and oxygen atoms in total. The molecular formula is C12H14ClNO5S. The third kappa shape index (κ3) is 3.23. The van der Waals surface area contributed by atoms with Crippen molar-refractivity contribution in [1.82, 2.24) is 4.72 Å². The topological polar surface area (TPSA) is 92.7 Å². The second kappa shape index (κ2) is 5.59. The molecule has 0 aromatic heterocycles. The normalized spacial score (nSPS) is 16.7. The van der Waals surface area contributed by atoms with Crippen molar-refractivity contribution in [2.24, 2.45) is 5.92 Å². The summed E-state index contributed by atoms with van der Waals surface area (Å²) in [5, 5.41) is 9.20. The molecule has 1 aliphatic rings. The van der Waals surface area contributed by atoms with E-state index in [-0.39, 0.29) is 15.8 Å². The molecule has 1 aliphatic carbocycles. The van der Waals surface area contributed by atoms with Crippen LogP contribution in [0.2, 0.25) is 5.02 Å². The van der Waals surface area contributed by atoms with E-state index in [2.05, 4.69) is 4.72 Å². The number of rotatable bonds is 6. The number of nitrogens with one attached hydrogen (secondary N) is 1. The van der Waals surface area contributed by atoms with Crippen LogP contribution in [0.3, 0.4) is 0 Å². The second-order valence-electron chi connectivity index (χ2n) is 4.57. The molecule has 1 unspecified atom stereocenters. The lowest BCUT2D eigenvalue weighted by Crippen LogP contribution is -2.42. The van der Waals surface area contributed by atoms with Crippen molar-refractivity contribution in [3.05, 3.63) is 23.2 Å². The molecule has 8 heteroatoms. The quantitative estimate of drug-likeness (QED) is 0.828. The highest BCUT2D eigenvalue weighted by Gasteiger charge is 2.39. The van der Waals surface area contributed by atoms with Crippen LogP contribution in [0.25, 0.3) is 0 Å². The van der Waals surface area contributed by atoms with Gasteiger partial charge in [0, 0.05) is 0 Å². The summed E-state index contributed by atoms with van der Waals surface area (Å²) in [6.07, 6.45) is 1.42. The minimum atomic E-state index is -3.93. The third-order valence-corrected chi connectivity index (χ3v) is 4.81. The molecule has 1 aromatic rings. The molecule has 0 spiro atoms. The number of carboxylic acids is 1. The van der Waals surface area contributed by atoms with E-state index in [1.54, 1.807) is 0 Å². The minimum Gasteiger partial charge on any atom is -0.495 e. The van der Waals surface area contributed by atoms with Crippen LogP contribution in [0, 0.1) is 5.92 Å². The molecule has 0 aliphatic heterocycles. The Morgan fingerprint density at radius 1 is 1.50 bits per heavy atom. The summed E-state index contributed by atoms with van der Waals surface area (Å²) < 4.78 is 31.5. The van der Waals surface area contributed by atoms with Crippen molar-refractivity contribution in [3.8, 4) is 5.75 Å². The minimum absolute atomic E-state index is 0.0878. The molecule has 0 heterocycles. The van der Waals surface area contributed by atoms with Gasteiger partial charge in [0.1, 0.15) is 11.8 Å². The van der Waals surface area contributed by atoms with Crippen molar-refractivity contribution < 1.29 is 23.1 Å². The Hall–Kier alpha value is -1.31. The fraction of sp³-hybridized carbons (Fsp3) is 0.417. The van der Waals surface area contributed by atoms with Crippen molar-refractivity contribution in [2.75, 3.05) is 7.11 Å². The predicted molar refractivity (Wildman–Crippen MR) is 72.5 cm³/mol. The van der Waals surface area contributed by atoms with E-state index in [1.165, 1.54) is 25.3 Å². The number of sulfonamides is 1. The van der Waals surface area contributed by atoms with Crippen LogP contribution in [0.4, 0.5) is 0 Å². The van der Waals surface area contributed by atoms with Crippen LogP contribution in [0.5, 0.6) is 5.75 Å². The molecule has 2 N–H and O–H groups in total. The lowest BCUT2D eigenvalue weighted by atomic mass is 10.2. The second-order valence-corrected chi connectivity index (χ2v) is 6.69. The molecule has 20 heavy (non-hydrogen) atoms. The number of benzene rings is 1. The number of hydrogen-bond donors (Lipinski definition) is 2. The molecule has 1 fully saturated rings. The SMILES string of the molecule is COc1ccc(S(=O)(=O)NC(C(=O)O)C2CC2)cc1Cl. The summed E-state index contributed by atoms with van der Waals surface area (Å²) >= 11 is 5.88. The van der Waals surface area contributed by atoms with E-state index >= 15 is 0 Å². The summed E-state index contributed by atoms with van der Waals surface area (Å²) in [7, 11) is -2.51. The zero-order valence-electron chi connectivity index (χ0n) is 10.7. The molecule has 0 saturated heterocycles. The third-order valence-electron chi connectivity index (χ3n) is 3.08. The molecule has 1 aromatic carbocycles. The van der Waals surface area contributed by atoms with Gasteiger partial charge in [-0.25, -0.2) is 8.42 Å². The van der Waals surface area contributed by atoms with Gasteiger partial charge in [0.15, 0.2) is 0 Å². The Labute approximate surface area is 121 Å². The standard InChI is InChI=1S/C12H14ClNO5S/c1-19-10-5-4-8(6-9(10)13)20(17,18)14-11(12(15)16)7-2-3-7/h4-7,11,14H,2-3H2,1H3,(H,15,16). The van der Waals surface area contributed by atoms with Gasteiger partial charge in [-0.2, -0.15) is 4.72 Å². The zero-order chi connectivity index (χ0) is 14.9. The molecule has 0 amide bonds. The van der Waals surface area contributed by atoms with Crippen LogP contribution >= 0.6 is 11.6 Å². The van der Waals surface area contributed by atoms with Crippen LogP contribution in [-0.4, -0.2) is 32.6 Å². The van der Waals surface area contributed by atoms with Crippen molar-refractivity contribution in [2.45, 2.75) is 23.8 Å². The molecule has 2 rings (SSSR count). The van der Waals surface area contributed by atoms with E-state index in [0.717, 1.165) is 0 Å². The molecule has 1 saturated carbocycles. The number of methoxy groups -OCH3 is 1.